The van der Waals surface area contributed by atoms with Crippen molar-refractivity contribution in [3.8, 4) is 0 Å². The fourth-order valence-electron chi connectivity index (χ4n) is 8.39. The second-order valence-corrected chi connectivity index (χ2v) is 19.6. The summed E-state index contributed by atoms with van der Waals surface area (Å²) >= 11 is 0. The van der Waals surface area contributed by atoms with Crippen molar-refractivity contribution in [1.29, 1.82) is 0 Å². The Hall–Kier alpha value is -2.63. The number of unbranched alkanes of at least 4 members (excludes halogenated alkanes) is 34. The molecule has 67 heavy (non-hydrogen) atoms. The maximum Gasteiger partial charge on any atom is 0.306 e. The number of ether oxygens (including phenoxy) is 3. The van der Waals surface area contributed by atoms with E-state index in [0.29, 0.717) is 19.3 Å². The van der Waals surface area contributed by atoms with E-state index in [1.54, 1.807) is 0 Å². The van der Waals surface area contributed by atoms with Gasteiger partial charge in [-0.15, -0.1) is 0 Å². The van der Waals surface area contributed by atoms with Crippen LogP contribution >= 0.6 is 0 Å². The molecule has 390 valence electrons. The molecule has 0 aromatic heterocycles. The summed E-state index contributed by atoms with van der Waals surface area (Å²) in [5.74, 6) is -0.888. The summed E-state index contributed by atoms with van der Waals surface area (Å²) < 4.78 is 16.7. The van der Waals surface area contributed by atoms with Gasteiger partial charge in [-0.3, -0.25) is 14.4 Å². The van der Waals surface area contributed by atoms with E-state index in [1.807, 2.05) is 0 Å². The summed E-state index contributed by atoms with van der Waals surface area (Å²) in [6.45, 7) is 6.54. The molecule has 0 fully saturated rings. The summed E-state index contributed by atoms with van der Waals surface area (Å²) in [6, 6.07) is 0. The predicted octanol–water partition coefficient (Wildman–Crippen LogP) is 19.4. The second-order valence-electron chi connectivity index (χ2n) is 19.6. The quantitative estimate of drug-likeness (QED) is 0.0262. The van der Waals surface area contributed by atoms with Crippen LogP contribution in [0.15, 0.2) is 48.6 Å². The van der Waals surface area contributed by atoms with Crippen molar-refractivity contribution in [2.24, 2.45) is 0 Å². The molecule has 0 saturated carbocycles. The first-order chi connectivity index (χ1) is 33.0. The second kappa shape index (κ2) is 56.0. The highest BCUT2D eigenvalue weighted by molar-refractivity contribution is 5.71. The highest BCUT2D eigenvalue weighted by Gasteiger charge is 2.19. The van der Waals surface area contributed by atoms with Crippen LogP contribution in [0.4, 0.5) is 0 Å². The van der Waals surface area contributed by atoms with Crippen molar-refractivity contribution < 1.29 is 28.6 Å². The van der Waals surface area contributed by atoms with Gasteiger partial charge in [0.05, 0.1) is 0 Å². The molecule has 0 aliphatic carbocycles. The van der Waals surface area contributed by atoms with E-state index in [-0.39, 0.29) is 31.1 Å². The van der Waals surface area contributed by atoms with E-state index in [9.17, 15) is 14.4 Å². The van der Waals surface area contributed by atoms with Crippen LogP contribution in [0.25, 0.3) is 0 Å². The molecule has 0 heterocycles. The molecule has 0 bridgehead atoms. The van der Waals surface area contributed by atoms with Crippen molar-refractivity contribution in [3.63, 3.8) is 0 Å². The molecule has 6 heteroatoms. The molecule has 0 aromatic carbocycles. The van der Waals surface area contributed by atoms with Gasteiger partial charge < -0.3 is 14.2 Å². The molecule has 1 atom stereocenters. The molecule has 0 aliphatic rings. The van der Waals surface area contributed by atoms with Gasteiger partial charge in [-0.05, 0) is 83.5 Å². The lowest BCUT2D eigenvalue weighted by molar-refractivity contribution is -0.167. The average molecular weight is 940 g/mol. The third-order valence-corrected chi connectivity index (χ3v) is 12.8. The van der Waals surface area contributed by atoms with Gasteiger partial charge in [-0.1, -0.05) is 249 Å². The van der Waals surface area contributed by atoms with E-state index in [2.05, 4.69) is 69.4 Å². The van der Waals surface area contributed by atoms with Crippen molar-refractivity contribution in [2.75, 3.05) is 13.2 Å². The Morgan fingerprint density at radius 3 is 0.866 bits per heavy atom. The van der Waals surface area contributed by atoms with E-state index < -0.39 is 6.10 Å². The minimum absolute atomic E-state index is 0.0741. The monoisotopic (exact) mass is 939 g/mol. The topological polar surface area (TPSA) is 78.9 Å². The molecule has 6 nitrogen and oxygen atoms in total. The van der Waals surface area contributed by atoms with Gasteiger partial charge in [-0.25, -0.2) is 0 Å². The number of allylic oxidation sites excluding steroid dienone is 8. The molecule has 0 saturated heterocycles. The smallest absolute Gasteiger partial charge is 0.306 e. The third-order valence-electron chi connectivity index (χ3n) is 12.8. The van der Waals surface area contributed by atoms with Crippen LogP contribution in [0.5, 0.6) is 0 Å². The molecule has 0 spiro atoms. The lowest BCUT2D eigenvalue weighted by atomic mass is 10.0. The number of hydrogen-bond acceptors (Lipinski definition) is 6. The average Bonchev–Trinajstić information content (AvgIpc) is 3.33. The van der Waals surface area contributed by atoms with Crippen molar-refractivity contribution in [1.82, 2.24) is 0 Å². The van der Waals surface area contributed by atoms with Crippen LogP contribution in [0.3, 0.4) is 0 Å². The Morgan fingerprint density at radius 1 is 0.299 bits per heavy atom. The summed E-state index contributed by atoms with van der Waals surface area (Å²) in [5.41, 5.74) is 0. The van der Waals surface area contributed by atoms with Crippen molar-refractivity contribution in [3.05, 3.63) is 48.6 Å². The fourth-order valence-corrected chi connectivity index (χ4v) is 8.39. The highest BCUT2D eigenvalue weighted by Crippen LogP contribution is 2.16. The zero-order chi connectivity index (χ0) is 48.6. The van der Waals surface area contributed by atoms with Gasteiger partial charge in [-0.2, -0.15) is 0 Å². The molecule has 0 radical (unpaired) electrons. The highest BCUT2D eigenvalue weighted by atomic mass is 16.6. The molecule has 0 aliphatic heterocycles. The number of carbonyl (C=O) groups excluding carboxylic acids is 3. The lowest BCUT2D eigenvalue weighted by Gasteiger charge is -2.18. The maximum absolute atomic E-state index is 12.7. The SMILES string of the molecule is CCCCCC/C=C\CCCCCCCC(=O)OC(COC(=O)CCCCCCC)COC(=O)CCCCCCCCCCCCCCCCCC/C=C\C/C=C\C/C=C\CCCCCCC. The van der Waals surface area contributed by atoms with Gasteiger partial charge in [0.25, 0.3) is 0 Å². The van der Waals surface area contributed by atoms with Crippen LogP contribution in [0, 0.1) is 0 Å². The van der Waals surface area contributed by atoms with Gasteiger partial charge >= 0.3 is 17.9 Å². The Labute approximate surface area is 416 Å². The van der Waals surface area contributed by atoms with Crippen molar-refractivity contribution >= 4 is 17.9 Å². The van der Waals surface area contributed by atoms with E-state index in [0.717, 1.165) is 83.5 Å². The van der Waals surface area contributed by atoms with E-state index in [4.69, 9.17) is 14.2 Å². The number of rotatable bonds is 53. The summed E-state index contributed by atoms with van der Waals surface area (Å²) in [7, 11) is 0. The van der Waals surface area contributed by atoms with Crippen LogP contribution in [0.1, 0.15) is 303 Å². The van der Waals surface area contributed by atoms with Crippen LogP contribution in [-0.2, 0) is 28.6 Å². The summed E-state index contributed by atoms with van der Waals surface area (Å²) in [6.07, 6.45) is 68.8. The van der Waals surface area contributed by atoms with Crippen LogP contribution in [0.2, 0.25) is 0 Å². The predicted molar refractivity (Wildman–Crippen MR) is 289 cm³/mol. The number of esters is 3. The van der Waals surface area contributed by atoms with Crippen molar-refractivity contribution in [2.45, 2.75) is 309 Å². The Balaban J connectivity index is 3.94. The van der Waals surface area contributed by atoms with Gasteiger partial charge in [0.15, 0.2) is 6.10 Å². The molecular formula is C61H110O6. The first kappa shape index (κ1) is 64.4. The van der Waals surface area contributed by atoms with E-state index in [1.165, 1.54) is 180 Å². The Kier molecular flexibility index (Phi) is 53.8. The van der Waals surface area contributed by atoms with Crippen LogP contribution < -0.4 is 0 Å². The Morgan fingerprint density at radius 2 is 0.537 bits per heavy atom. The first-order valence-corrected chi connectivity index (χ1v) is 29.1. The standard InChI is InChI=1S/C61H110O6/c1-4-7-10-13-15-17-19-21-22-23-24-25-26-27-28-29-30-31-32-33-34-35-36-37-38-40-41-43-45-48-51-54-60(63)66-57-58(56-65-59(62)53-50-47-12-9-6-3)67-61(64)55-52-49-46-44-42-39-20-18-16-14-11-8-5-2/h18-21,23-24,26-27,58H,4-17,22,25,28-57H2,1-3H3/b20-18-,21-19-,24-23-,27-26-. The zero-order valence-electron chi connectivity index (χ0n) is 44.7. The number of hydrogen-bond donors (Lipinski definition) is 0. The van der Waals surface area contributed by atoms with Gasteiger partial charge in [0, 0.05) is 19.3 Å². The normalized spacial score (nSPS) is 12.3. The maximum atomic E-state index is 12.7. The summed E-state index contributed by atoms with van der Waals surface area (Å²) in [4.78, 5) is 37.7. The Bertz CT molecular complexity index is 1170. The molecule has 0 N–H and O–H groups in total. The molecule has 0 amide bonds. The van der Waals surface area contributed by atoms with Gasteiger partial charge in [0.2, 0.25) is 0 Å². The number of carbonyl (C=O) groups is 3. The zero-order valence-corrected chi connectivity index (χ0v) is 44.7. The lowest BCUT2D eigenvalue weighted by Crippen LogP contribution is -2.30. The molecule has 0 aromatic rings. The van der Waals surface area contributed by atoms with Gasteiger partial charge in [0.1, 0.15) is 13.2 Å². The largest absolute Gasteiger partial charge is 0.462 e. The minimum atomic E-state index is -0.771. The summed E-state index contributed by atoms with van der Waals surface area (Å²) in [5, 5.41) is 0. The molecule has 0 rings (SSSR count). The molecule has 1 unspecified atom stereocenters. The molecular weight excluding hydrogens is 829 g/mol. The van der Waals surface area contributed by atoms with E-state index >= 15 is 0 Å². The minimum Gasteiger partial charge on any atom is -0.462 e. The van der Waals surface area contributed by atoms with Crippen LogP contribution in [-0.4, -0.2) is 37.2 Å². The fraction of sp³-hybridized carbons (Fsp3) is 0.820. The third kappa shape index (κ3) is 54.2. The first-order valence-electron chi connectivity index (χ1n) is 29.1.